The summed E-state index contributed by atoms with van der Waals surface area (Å²) in [5.74, 6) is 0.286. The molecule has 0 aromatic heterocycles. The molecule has 1 saturated heterocycles. The highest BCUT2D eigenvalue weighted by atomic mass is 35.5. The van der Waals surface area contributed by atoms with Crippen LogP contribution in [0.1, 0.15) is 24.8 Å². The third kappa shape index (κ3) is 5.39. The van der Waals surface area contributed by atoms with E-state index in [0.29, 0.717) is 16.3 Å². The summed E-state index contributed by atoms with van der Waals surface area (Å²) in [5, 5.41) is 3.27. The van der Waals surface area contributed by atoms with Crippen molar-refractivity contribution >= 4 is 40.6 Å². The van der Waals surface area contributed by atoms with Crippen molar-refractivity contribution in [3.8, 4) is 0 Å². The molecule has 0 spiro atoms. The van der Waals surface area contributed by atoms with E-state index in [-0.39, 0.29) is 17.5 Å². The Morgan fingerprint density at radius 2 is 1.85 bits per heavy atom. The van der Waals surface area contributed by atoms with Crippen molar-refractivity contribution < 1.29 is 9.18 Å². The first-order valence-corrected chi connectivity index (χ1v) is 10.3. The van der Waals surface area contributed by atoms with Gasteiger partial charge in [-0.25, -0.2) is 4.39 Å². The number of benzene rings is 2. The number of rotatable bonds is 6. The van der Waals surface area contributed by atoms with Crippen LogP contribution in [0.15, 0.2) is 42.5 Å². The smallest absolute Gasteiger partial charge is 0.234 e. The molecular weight excluding hydrogens is 371 g/mol. The number of thioether (sulfide) groups is 1. The van der Waals surface area contributed by atoms with Crippen molar-refractivity contribution in [3.05, 3.63) is 58.9 Å². The first kappa shape index (κ1) is 19.1. The van der Waals surface area contributed by atoms with Gasteiger partial charge in [0.1, 0.15) is 5.82 Å². The topological polar surface area (TPSA) is 32.3 Å². The van der Waals surface area contributed by atoms with Crippen LogP contribution in [-0.2, 0) is 10.5 Å². The molecule has 0 aliphatic carbocycles. The number of nitrogens with one attached hydrogen (secondary N) is 1. The normalized spacial score (nSPS) is 14.3. The largest absolute Gasteiger partial charge is 0.372 e. The number of carbonyl (C=O) groups excluding carboxylic acids is 1. The van der Waals surface area contributed by atoms with Crippen LogP contribution in [0.25, 0.3) is 0 Å². The Kier molecular flexibility index (Phi) is 6.80. The van der Waals surface area contributed by atoms with Gasteiger partial charge in [0.2, 0.25) is 5.91 Å². The fraction of sp³-hybridized carbons (Fsp3) is 0.350. The van der Waals surface area contributed by atoms with Gasteiger partial charge in [-0.1, -0.05) is 17.7 Å². The van der Waals surface area contributed by atoms with E-state index in [1.165, 1.54) is 42.8 Å². The summed E-state index contributed by atoms with van der Waals surface area (Å²) < 4.78 is 13.7. The van der Waals surface area contributed by atoms with Crippen LogP contribution >= 0.6 is 23.4 Å². The average Bonchev–Trinajstić information content (AvgIpc) is 2.65. The van der Waals surface area contributed by atoms with Crippen molar-refractivity contribution in [1.29, 1.82) is 0 Å². The van der Waals surface area contributed by atoms with E-state index in [2.05, 4.69) is 22.3 Å². The molecule has 1 N–H and O–H groups in total. The SMILES string of the molecule is O=C(CSCc1ccc(Cl)cc1F)Nc1ccc(N2CCCCC2)cc1. The summed E-state index contributed by atoms with van der Waals surface area (Å²) in [6, 6.07) is 12.6. The zero-order valence-corrected chi connectivity index (χ0v) is 16.1. The maximum atomic E-state index is 13.7. The molecule has 1 aliphatic rings. The minimum atomic E-state index is -0.335. The van der Waals surface area contributed by atoms with Gasteiger partial charge < -0.3 is 10.2 Å². The van der Waals surface area contributed by atoms with Gasteiger partial charge in [0.05, 0.1) is 5.75 Å². The van der Waals surface area contributed by atoms with Crippen molar-refractivity contribution in [2.24, 2.45) is 0 Å². The Bertz CT molecular complexity index is 748. The van der Waals surface area contributed by atoms with Crippen molar-refractivity contribution in [2.75, 3.05) is 29.1 Å². The Hall–Kier alpha value is -1.72. The summed E-state index contributed by atoms with van der Waals surface area (Å²) in [7, 11) is 0. The maximum Gasteiger partial charge on any atom is 0.234 e. The summed E-state index contributed by atoms with van der Waals surface area (Å²) >= 11 is 7.11. The van der Waals surface area contributed by atoms with Gasteiger partial charge >= 0.3 is 0 Å². The lowest BCUT2D eigenvalue weighted by Crippen LogP contribution is -2.29. The van der Waals surface area contributed by atoms with Gasteiger partial charge in [-0.15, -0.1) is 11.8 Å². The summed E-state index contributed by atoms with van der Waals surface area (Å²) in [6.07, 6.45) is 3.79. The molecule has 0 bridgehead atoms. The zero-order chi connectivity index (χ0) is 18.4. The highest BCUT2D eigenvalue weighted by Gasteiger charge is 2.11. The Labute approximate surface area is 162 Å². The minimum Gasteiger partial charge on any atom is -0.372 e. The number of halogens is 2. The van der Waals surface area contributed by atoms with Crippen LogP contribution in [0.3, 0.4) is 0 Å². The first-order valence-electron chi connectivity index (χ1n) is 8.78. The van der Waals surface area contributed by atoms with Gasteiger partial charge in [-0.05, 0) is 61.2 Å². The molecule has 0 atom stereocenters. The Morgan fingerprint density at radius 3 is 2.54 bits per heavy atom. The van der Waals surface area contributed by atoms with Gasteiger partial charge in [0.15, 0.2) is 0 Å². The number of carbonyl (C=O) groups is 1. The van der Waals surface area contributed by atoms with E-state index in [0.717, 1.165) is 18.8 Å². The monoisotopic (exact) mass is 392 g/mol. The number of hydrogen-bond donors (Lipinski definition) is 1. The van der Waals surface area contributed by atoms with Gasteiger partial charge in [0.25, 0.3) is 0 Å². The number of amides is 1. The van der Waals surface area contributed by atoms with Crippen LogP contribution in [0.5, 0.6) is 0 Å². The second-order valence-electron chi connectivity index (χ2n) is 6.37. The Balaban J connectivity index is 1.45. The maximum absolute atomic E-state index is 13.7. The zero-order valence-electron chi connectivity index (χ0n) is 14.5. The van der Waals surface area contributed by atoms with Gasteiger partial charge in [-0.3, -0.25) is 4.79 Å². The fourth-order valence-electron chi connectivity index (χ4n) is 3.00. The summed E-state index contributed by atoms with van der Waals surface area (Å²) in [4.78, 5) is 14.5. The molecule has 3 nitrogen and oxygen atoms in total. The van der Waals surface area contributed by atoms with Crippen molar-refractivity contribution in [3.63, 3.8) is 0 Å². The van der Waals surface area contributed by atoms with E-state index >= 15 is 0 Å². The van der Waals surface area contributed by atoms with Crippen LogP contribution in [0, 0.1) is 5.82 Å². The second kappa shape index (κ2) is 9.28. The molecule has 6 heteroatoms. The standard InChI is InChI=1S/C20H22ClFN2OS/c21-16-5-4-15(19(22)12-16)13-26-14-20(25)23-17-6-8-18(9-7-17)24-10-2-1-3-11-24/h4-9,12H,1-3,10-11,13-14H2,(H,23,25). The molecule has 0 unspecified atom stereocenters. The van der Waals surface area contributed by atoms with Crippen LogP contribution in [-0.4, -0.2) is 24.7 Å². The third-order valence-corrected chi connectivity index (χ3v) is 5.59. The molecule has 1 aliphatic heterocycles. The predicted molar refractivity (Wildman–Crippen MR) is 109 cm³/mol. The van der Waals surface area contributed by atoms with Gasteiger partial charge in [-0.2, -0.15) is 0 Å². The molecule has 0 saturated carbocycles. The quantitative estimate of drug-likeness (QED) is 0.720. The van der Waals surface area contributed by atoms with Crippen LogP contribution < -0.4 is 10.2 Å². The lowest BCUT2D eigenvalue weighted by atomic mass is 10.1. The number of anilines is 2. The second-order valence-corrected chi connectivity index (χ2v) is 7.79. The molecule has 2 aromatic carbocycles. The predicted octanol–water partition coefficient (Wildman–Crippen LogP) is 5.34. The van der Waals surface area contributed by atoms with E-state index in [1.807, 2.05) is 12.1 Å². The van der Waals surface area contributed by atoms with Gasteiger partial charge in [0, 0.05) is 35.2 Å². The lowest BCUT2D eigenvalue weighted by Gasteiger charge is -2.28. The van der Waals surface area contributed by atoms with E-state index in [9.17, 15) is 9.18 Å². The average molecular weight is 393 g/mol. The van der Waals surface area contributed by atoms with E-state index < -0.39 is 0 Å². The minimum absolute atomic E-state index is 0.0879. The highest BCUT2D eigenvalue weighted by molar-refractivity contribution is 7.99. The molecular formula is C20H22ClFN2OS. The number of piperidine rings is 1. The summed E-state index contributed by atoms with van der Waals surface area (Å²) in [5.41, 5.74) is 2.54. The van der Waals surface area contributed by atoms with Crippen LogP contribution in [0.4, 0.5) is 15.8 Å². The molecule has 1 fully saturated rings. The first-order chi connectivity index (χ1) is 12.6. The van der Waals surface area contributed by atoms with E-state index in [1.54, 1.807) is 12.1 Å². The van der Waals surface area contributed by atoms with Crippen molar-refractivity contribution in [2.45, 2.75) is 25.0 Å². The lowest BCUT2D eigenvalue weighted by molar-refractivity contribution is -0.113. The molecule has 2 aromatic rings. The Morgan fingerprint density at radius 1 is 1.12 bits per heavy atom. The molecule has 3 rings (SSSR count). The number of hydrogen-bond acceptors (Lipinski definition) is 3. The summed E-state index contributed by atoms with van der Waals surface area (Å²) in [6.45, 7) is 2.20. The third-order valence-electron chi connectivity index (χ3n) is 4.38. The van der Waals surface area contributed by atoms with E-state index in [4.69, 9.17) is 11.6 Å². The molecule has 1 heterocycles. The number of nitrogens with zero attached hydrogens (tertiary/aromatic N) is 1. The molecule has 1 amide bonds. The molecule has 138 valence electrons. The molecule has 26 heavy (non-hydrogen) atoms. The van der Waals surface area contributed by atoms with Crippen molar-refractivity contribution in [1.82, 2.24) is 0 Å². The molecule has 0 radical (unpaired) electrons. The van der Waals surface area contributed by atoms with Crippen LogP contribution in [0.2, 0.25) is 5.02 Å². The fourth-order valence-corrected chi connectivity index (χ4v) is 3.97. The highest BCUT2D eigenvalue weighted by Crippen LogP contribution is 2.22.